The van der Waals surface area contributed by atoms with E-state index in [-0.39, 0.29) is 0 Å². The van der Waals surface area contributed by atoms with E-state index in [1.807, 2.05) is 26.0 Å². The van der Waals surface area contributed by atoms with E-state index in [4.69, 9.17) is 33.2 Å². The fourth-order valence-corrected chi connectivity index (χ4v) is 3.39. The maximum absolute atomic E-state index is 6.19. The summed E-state index contributed by atoms with van der Waals surface area (Å²) in [4.78, 5) is 9.56. The van der Waals surface area contributed by atoms with Crippen LogP contribution in [0.1, 0.15) is 22.5 Å². The monoisotopic (exact) mass is 411 g/mol. The minimum absolute atomic E-state index is 0.442. The van der Waals surface area contributed by atoms with Gasteiger partial charge in [-0.05, 0) is 69.2 Å². The van der Waals surface area contributed by atoms with Crippen LogP contribution in [0.5, 0.6) is 0 Å². The molecule has 28 heavy (non-hydrogen) atoms. The van der Waals surface area contributed by atoms with Gasteiger partial charge in [-0.2, -0.15) is 5.10 Å². The third-order valence-electron chi connectivity index (χ3n) is 4.67. The molecule has 2 aromatic carbocycles. The Balaban J connectivity index is 1.93. The van der Waals surface area contributed by atoms with Crippen molar-refractivity contribution in [2.45, 2.75) is 27.7 Å². The minimum atomic E-state index is 0.442. The van der Waals surface area contributed by atoms with Crippen molar-refractivity contribution in [1.82, 2.24) is 19.7 Å². The smallest absolute Gasteiger partial charge is 0.197 e. The van der Waals surface area contributed by atoms with Crippen LogP contribution in [-0.4, -0.2) is 19.7 Å². The molecular weight excluding hydrogens is 393 g/mol. The summed E-state index contributed by atoms with van der Waals surface area (Å²) < 4.78 is 1.79. The zero-order valence-corrected chi connectivity index (χ0v) is 17.5. The van der Waals surface area contributed by atoms with E-state index in [9.17, 15) is 0 Å². The second kappa shape index (κ2) is 7.08. The van der Waals surface area contributed by atoms with Crippen molar-refractivity contribution in [2.24, 2.45) is 0 Å². The molecule has 0 aliphatic heterocycles. The number of aryl methyl sites for hydroxylation is 4. The Kier molecular flexibility index (Phi) is 4.73. The number of benzene rings is 2. The summed E-state index contributed by atoms with van der Waals surface area (Å²) in [6.07, 6.45) is 0. The molecule has 0 atom stereocenters. The highest BCUT2D eigenvalue weighted by molar-refractivity contribution is 6.42. The summed E-state index contributed by atoms with van der Waals surface area (Å²) in [5.74, 6) is 1.20. The molecule has 7 heteroatoms. The Labute approximate surface area is 173 Å². The molecule has 2 heterocycles. The van der Waals surface area contributed by atoms with Crippen LogP contribution in [0.3, 0.4) is 0 Å². The van der Waals surface area contributed by atoms with Crippen molar-refractivity contribution < 1.29 is 0 Å². The molecule has 0 spiro atoms. The van der Waals surface area contributed by atoms with Crippen molar-refractivity contribution in [3.63, 3.8) is 0 Å². The second-order valence-corrected chi connectivity index (χ2v) is 7.73. The number of anilines is 2. The molecule has 0 aliphatic carbocycles. The SMILES string of the molecule is Cc1cc(C)n(-c2nc3cc(Cl)c(Cl)cc3nc2Nc2ccc(C)c(C)c2)n1. The number of rotatable bonds is 3. The first kappa shape index (κ1) is 18.7. The minimum Gasteiger partial charge on any atom is -0.337 e. The normalized spacial score (nSPS) is 11.2. The number of nitrogens with zero attached hydrogens (tertiary/aromatic N) is 4. The van der Waals surface area contributed by atoms with E-state index in [0.29, 0.717) is 32.7 Å². The van der Waals surface area contributed by atoms with E-state index in [2.05, 4.69) is 36.4 Å². The zero-order valence-electron chi connectivity index (χ0n) is 16.0. The number of aromatic nitrogens is 4. The molecule has 0 saturated carbocycles. The van der Waals surface area contributed by atoms with E-state index in [0.717, 1.165) is 17.1 Å². The average Bonchev–Trinajstić information content (AvgIpc) is 2.97. The highest BCUT2D eigenvalue weighted by atomic mass is 35.5. The largest absolute Gasteiger partial charge is 0.337 e. The van der Waals surface area contributed by atoms with E-state index < -0.39 is 0 Å². The highest BCUT2D eigenvalue weighted by Gasteiger charge is 2.16. The fourth-order valence-electron chi connectivity index (χ4n) is 3.07. The van der Waals surface area contributed by atoms with Gasteiger partial charge in [-0.15, -0.1) is 0 Å². The summed E-state index contributed by atoms with van der Waals surface area (Å²) >= 11 is 12.4. The van der Waals surface area contributed by atoms with Gasteiger partial charge in [-0.3, -0.25) is 0 Å². The third kappa shape index (κ3) is 3.43. The molecule has 2 aromatic heterocycles. The third-order valence-corrected chi connectivity index (χ3v) is 5.39. The molecule has 5 nitrogen and oxygen atoms in total. The Morgan fingerprint density at radius 1 is 0.821 bits per heavy atom. The summed E-state index contributed by atoms with van der Waals surface area (Å²) in [6, 6.07) is 11.6. The van der Waals surface area contributed by atoms with Crippen molar-refractivity contribution in [3.8, 4) is 5.82 Å². The summed E-state index contributed by atoms with van der Waals surface area (Å²) in [5.41, 5.74) is 6.55. The predicted octanol–water partition coefficient (Wildman–Crippen LogP) is 6.10. The van der Waals surface area contributed by atoms with Crippen LogP contribution in [0, 0.1) is 27.7 Å². The lowest BCUT2D eigenvalue weighted by atomic mass is 10.1. The van der Waals surface area contributed by atoms with Gasteiger partial charge in [0, 0.05) is 11.4 Å². The van der Waals surface area contributed by atoms with Gasteiger partial charge in [0.2, 0.25) is 0 Å². The maximum atomic E-state index is 6.19. The van der Waals surface area contributed by atoms with Crippen LogP contribution < -0.4 is 5.32 Å². The summed E-state index contributed by atoms with van der Waals surface area (Å²) in [6.45, 7) is 8.10. The van der Waals surface area contributed by atoms with Crippen LogP contribution >= 0.6 is 23.2 Å². The van der Waals surface area contributed by atoms with Crippen LogP contribution in [0.25, 0.3) is 16.9 Å². The van der Waals surface area contributed by atoms with Gasteiger partial charge in [0.25, 0.3) is 0 Å². The van der Waals surface area contributed by atoms with Gasteiger partial charge in [-0.25, -0.2) is 14.6 Å². The fraction of sp³-hybridized carbons (Fsp3) is 0.190. The molecule has 0 fully saturated rings. The van der Waals surface area contributed by atoms with Crippen molar-refractivity contribution in [1.29, 1.82) is 0 Å². The van der Waals surface area contributed by atoms with Gasteiger partial charge in [0.05, 0.1) is 26.8 Å². The van der Waals surface area contributed by atoms with Crippen molar-refractivity contribution >= 4 is 45.7 Å². The molecule has 0 amide bonds. The van der Waals surface area contributed by atoms with Gasteiger partial charge >= 0.3 is 0 Å². The van der Waals surface area contributed by atoms with Gasteiger partial charge in [-0.1, -0.05) is 29.3 Å². The number of hydrogen-bond donors (Lipinski definition) is 1. The number of nitrogens with one attached hydrogen (secondary N) is 1. The molecule has 0 unspecified atom stereocenters. The quantitative estimate of drug-likeness (QED) is 0.442. The molecule has 1 N–H and O–H groups in total. The van der Waals surface area contributed by atoms with Crippen molar-refractivity contribution in [3.05, 3.63) is 69.0 Å². The van der Waals surface area contributed by atoms with Gasteiger partial charge in [0.1, 0.15) is 0 Å². The molecule has 142 valence electrons. The lowest BCUT2D eigenvalue weighted by Gasteiger charge is -2.14. The topological polar surface area (TPSA) is 55.6 Å². The first-order valence-electron chi connectivity index (χ1n) is 8.86. The van der Waals surface area contributed by atoms with Crippen molar-refractivity contribution in [2.75, 3.05) is 5.32 Å². The number of fused-ring (bicyclic) bond motifs is 1. The van der Waals surface area contributed by atoms with Gasteiger partial charge in [0.15, 0.2) is 11.6 Å². The first-order valence-corrected chi connectivity index (χ1v) is 9.62. The second-order valence-electron chi connectivity index (χ2n) is 6.91. The predicted molar refractivity (Wildman–Crippen MR) is 115 cm³/mol. The molecular formula is C21H19Cl2N5. The van der Waals surface area contributed by atoms with E-state index >= 15 is 0 Å². The van der Waals surface area contributed by atoms with Crippen LogP contribution in [0.4, 0.5) is 11.5 Å². The summed E-state index contributed by atoms with van der Waals surface area (Å²) in [5, 5.41) is 8.85. The van der Waals surface area contributed by atoms with Crippen LogP contribution in [0.15, 0.2) is 36.4 Å². The lowest BCUT2D eigenvalue weighted by Crippen LogP contribution is -2.09. The van der Waals surface area contributed by atoms with E-state index in [1.54, 1.807) is 16.8 Å². The van der Waals surface area contributed by atoms with Crippen LogP contribution in [-0.2, 0) is 0 Å². The molecule has 4 rings (SSSR count). The van der Waals surface area contributed by atoms with Gasteiger partial charge < -0.3 is 5.32 Å². The average molecular weight is 412 g/mol. The Morgan fingerprint density at radius 2 is 1.50 bits per heavy atom. The van der Waals surface area contributed by atoms with Crippen LogP contribution in [0.2, 0.25) is 10.0 Å². The Bertz CT molecular complexity index is 1210. The highest BCUT2D eigenvalue weighted by Crippen LogP contribution is 2.30. The zero-order chi connectivity index (χ0) is 20.0. The Hall–Kier alpha value is -2.63. The molecule has 0 radical (unpaired) electrons. The molecule has 0 saturated heterocycles. The number of hydrogen-bond acceptors (Lipinski definition) is 4. The maximum Gasteiger partial charge on any atom is 0.197 e. The van der Waals surface area contributed by atoms with E-state index in [1.165, 1.54) is 11.1 Å². The number of halogens is 2. The first-order chi connectivity index (χ1) is 13.3. The summed E-state index contributed by atoms with van der Waals surface area (Å²) in [7, 11) is 0. The molecule has 0 bridgehead atoms. The molecule has 0 aliphatic rings. The lowest BCUT2D eigenvalue weighted by molar-refractivity contribution is 0.808. The standard InChI is InChI=1S/C21H19Cl2N5/c1-11-5-6-15(7-12(11)2)24-20-21(28-14(4)8-13(3)27-28)26-19-10-17(23)16(22)9-18(19)25-20/h5-10H,1-4H3,(H,24,25). The Morgan fingerprint density at radius 3 is 2.11 bits per heavy atom. The molecule has 4 aromatic rings.